The van der Waals surface area contributed by atoms with Crippen molar-refractivity contribution in [1.29, 1.82) is 0 Å². The number of fused-ring (bicyclic) bond motifs is 1. The minimum Gasteiger partial charge on any atom is -0.361 e. The summed E-state index contributed by atoms with van der Waals surface area (Å²) in [7, 11) is 0. The van der Waals surface area contributed by atoms with E-state index in [-0.39, 0.29) is 5.91 Å². The Kier molecular flexibility index (Phi) is 5.52. The van der Waals surface area contributed by atoms with E-state index < -0.39 is 0 Å². The molecule has 2 heterocycles. The van der Waals surface area contributed by atoms with Crippen LogP contribution in [0.4, 0.5) is 11.6 Å². The molecule has 0 unspecified atom stereocenters. The fourth-order valence-corrected chi connectivity index (χ4v) is 3.33. The van der Waals surface area contributed by atoms with E-state index in [1.807, 2.05) is 42.6 Å². The van der Waals surface area contributed by atoms with Crippen LogP contribution in [0.15, 0.2) is 67.1 Å². The van der Waals surface area contributed by atoms with E-state index in [2.05, 4.69) is 44.6 Å². The van der Waals surface area contributed by atoms with Gasteiger partial charge in [0.15, 0.2) is 0 Å². The van der Waals surface area contributed by atoms with Crippen LogP contribution in [0.25, 0.3) is 10.9 Å². The van der Waals surface area contributed by atoms with Crippen molar-refractivity contribution in [2.45, 2.75) is 19.8 Å². The lowest BCUT2D eigenvalue weighted by Crippen LogP contribution is -2.26. The van der Waals surface area contributed by atoms with E-state index in [9.17, 15) is 4.79 Å². The van der Waals surface area contributed by atoms with E-state index in [0.29, 0.717) is 18.1 Å². The fraction of sp³-hybridized carbons (Fsp3) is 0.174. The van der Waals surface area contributed by atoms with Crippen LogP contribution in [-0.2, 0) is 12.8 Å². The number of hydrogen-bond donors (Lipinski definition) is 3. The molecule has 29 heavy (non-hydrogen) atoms. The van der Waals surface area contributed by atoms with Crippen molar-refractivity contribution in [3.05, 3.63) is 83.8 Å². The summed E-state index contributed by atoms with van der Waals surface area (Å²) in [5.74, 6) is 0.298. The van der Waals surface area contributed by atoms with Crippen molar-refractivity contribution in [3.8, 4) is 0 Å². The van der Waals surface area contributed by atoms with Crippen LogP contribution < -0.4 is 10.6 Å². The number of aryl methyl sites for hydroxylation is 1. The highest BCUT2D eigenvalue weighted by molar-refractivity contribution is 5.93. The Morgan fingerprint density at radius 1 is 1.00 bits per heavy atom. The summed E-state index contributed by atoms with van der Waals surface area (Å²) in [5, 5.41) is 7.33. The van der Waals surface area contributed by atoms with E-state index in [1.165, 1.54) is 16.5 Å². The third-order valence-electron chi connectivity index (χ3n) is 4.91. The second-order valence-electron chi connectivity index (χ2n) is 6.80. The molecule has 0 aliphatic rings. The third-order valence-corrected chi connectivity index (χ3v) is 4.91. The molecule has 2 aromatic heterocycles. The summed E-state index contributed by atoms with van der Waals surface area (Å²) in [6, 6.07) is 16.2. The number of aromatic nitrogens is 3. The second kappa shape index (κ2) is 8.56. The number of amides is 1. The lowest BCUT2D eigenvalue weighted by Gasteiger charge is -2.09. The Hall–Kier alpha value is -3.67. The van der Waals surface area contributed by atoms with Gasteiger partial charge in [-0.05, 0) is 36.1 Å². The van der Waals surface area contributed by atoms with Gasteiger partial charge in [-0.2, -0.15) is 0 Å². The topological polar surface area (TPSA) is 82.7 Å². The van der Waals surface area contributed by atoms with Gasteiger partial charge in [0.25, 0.3) is 5.91 Å². The molecular formula is C23H23N5O. The summed E-state index contributed by atoms with van der Waals surface area (Å²) in [4.78, 5) is 24.2. The maximum Gasteiger partial charge on any atom is 0.254 e. The van der Waals surface area contributed by atoms with Crippen LogP contribution in [0.5, 0.6) is 0 Å². The quantitative estimate of drug-likeness (QED) is 0.444. The molecule has 0 radical (unpaired) electrons. The van der Waals surface area contributed by atoms with Gasteiger partial charge >= 0.3 is 0 Å². The highest BCUT2D eigenvalue weighted by atomic mass is 16.1. The minimum atomic E-state index is -0.176. The van der Waals surface area contributed by atoms with E-state index in [1.54, 1.807) is 12.4 Å². The molecule has 0 saturated carbocycles. The van der Waals surface area contributed by atoms with E-state index in [4.69, 9.17) is 0 Å². The molecule has 0 fully saturated rings. The van der Waals surface area contributed by atoms with Gasteiger partial charge in [0.1, 0.15) is 0 Å². The zero-order valence-electron chi connectivity index (χ0n) is 16.3. The molecule has 6 nitrogen and oxygen atoms in total. The standard InChI is InChI=1S/C23H23N5O/c1-2-16-7-3-5-9-20(16)28-23-26-14-18(15-27-23)22(29)24-12-11-17-13-25-21-10-6-4-8-19(17)21/h3-10,13-15,25H,2,11-12H2,1H3,(H,24,29)(H,26,27,28). The van der Waals surface area contributed by atoms with Gasteiger partial charge in [-0.3, -0.25) is 4.79 Å². The molecule has 0 spiro atoms. The van der Waals surface area contributed by atoms with Crippen molar-refractivity contribution >= 4 is 28.4 Å². The van der Waals surface area contributed by atoms with Gasteiger partial charge in [0.05, 0.1) is 5.56 Å². The van der Waals surface area contributed by atoms with Crippen LogP contribution in [-0.4, -0.2) is 27.4 Å². The van der Waals surface area contributed by atoms with E-state index in [0.717, 1.165) is 24.0 Å². The number of aromatic amines is 1. The monoisotopic (exact) mass is 385 g/mol. The molecule has 146 valence electrons. The van der Waals surface area contributed by atoms with Crippen molar-refractivity contribution in [1.82, 2.24) is 20.3 Å². The highest BCUT2D eigenvalue weighted by Gasteiger charge is 2.09. The van der Waals surface area contributed by atoms with Crippen LogP contribution in [0, 0.1) is 0 Å². The van der Waals surface area contributed by atoms with E-state index >= 15 is 0 Å². The molecule has 0 aliphatic heterocycles. The molecule has 0 saturated heterocycles. The van der Waals surface area contributed by atoms with Crippen molar-refractivity contribution in [3.63, 3.8) is 0 Å². The zero-order valence-corrected chi connectivity index (χ0v) is 16.3. The number of nitrogens with zero attached hydrogens (tertiary/aromatic N) is 2. The molecule has 6 heteroatoms. The number of carbonyl (C=O) groups excluding carboxylic acids is 1. The minimum absolute atomic E-state index is 0.176. The SMILES string of the molecule is CCc1ccccc1Nc1ncc(C(=O)NCCc2c[nH]c3ccccc23)cn1. The first-order chi connectivity index (χ1) is 14.2. The number of nitrogens with one attached hydrogen (secondary N) is 3. The Bertz CT molecular complexity index is 1120. The van der Waals surface area contributed by atoms with Crippen molar-refractivity contribution in [2.24, 2.45) is 0 Å². The van der Waals surface area contributed by atoms with Gasteiger partial charge in [0, 0.05) is 41.7 Å². The second-order valence-corrected chi connectivity index (χ2v) is 6.80. The average molecular weight is 385 g/mol. The van der Waals surface area contributed by atoms with Gasteiger partial charge in [-0.15, -0.1) is 0 Å². The summed E-state index contributed by atoms with van der Waals surface area (Å²) in [6.45, 7) is 2.65. The van der Waals surface area contributed by atoms with Crippen LogP contribution in [0.1, 0.15) is 28.4 Å². The Morgan fingerprint density at radius 2 is 1.76 bits per heavy atom. The number of rotatable bonds is 7. The number of para-hydroxylation sites is 2. The molecule has 1 amide bonds. The lowest BCUT2D eigenvalue weighted by atomic mass is 10.1. The largest absolute Gasteiger partial charge is 0.361 e. The number of H-pyrrole nitrogens is 1. The molecular weight excluding hydrogens is 362 g/mol. The molecule has 0 bridgehead atoms. The van der Waals surface area contributed by atoms with Crippen molar-refractivity contribution < 1.29 is 4.79 Å². The Balaban J connectivity index is 1.34. The lowest BCUT2D eigenvalue weighted by molar-refractivity contribution is 0.0953. The third kappa shape index (κ3) is 4.27. The summed E-state index contributed by atoms with van der Waals surface area (Å²) in [6.07, 6.45) is 6.76. The molecule has 4 rings (SSSR count). The van der Waals surface area contributed by atoms with Gasteiger partial charge in [0.2, 0.25) is 5.95 Å². The number of anilines is 2. The maximum atomic E-state index is 12.4. The van der Waals surface area contributed by atoms with Crippen LogP contribution in [0.3, 0.4) is 0 Å². The van der Waals surface area contributed by atoms with Crippen molar-refractivity contribution in [2.75, 3.05) is 11.9 Å². The Morgan fingerprint density at radius 3 is 2.59 bits per heavy atom. The van der Waals surface area contributed by atoms with Gasteiger partial charge in [-0.25, -0.2) is 9.97 Å². The normalized spacial score (nSPS) is 10.8. The van der Waals surface area contributed by atoms with Gasteiger partial charge < -0.3 is 15.6 Å². The number of carbonyl (C=O) groups is 1. The summed E-state index contributed by atoms with van der Waals surface area (Å²) in [5.41, 5.74) is 4.90. The molecule has 2 aromatic carbocycles. The first kappa shape index (κ1) is 18.7. The smallest absolute Gasteiger partial charge is 0.254 e. The summed E-state index contributed by atoms with van der Waals surface area (Å²) < 4.78 is 0. The maximum absolute atomic E-state index is 12.4. The van der Waals surface area contributed by atoms with Crippen LogP contribution >= 0.6 is 0 Å². The predicted octanol–water partition coefficient (Wildman–Crippen LogP) is 4.24. The highest BCUT2D eigenvalue weighted by Crippen LogP contribution is 2.19. The number of benzene rings is 2. The Labute approximate surface area is 169 Å². The fourth-order valence-electron chi connectivity index (χ4n) is 3.33. The summed E-state index contributed by atoms with van der Waals surface area (Å²) >= 11 is 0. The molecule has 4 aromatic rings. The average Bonchev–Trinajstić information content (AvgIpc) is 3.18. The first-order valence-corrected chi connectivity index (χ1v) is 9.74. The number of hydrogen-bond acceptors (Lipinski definition) is 4. The molecule has 0 atom stereocenters. The molecule has 3 N–H and O–H groups in total. The predicted molar refractivity (Wildman–Crippen MR) is 115 cm³/mol. The molecule has 0 aliphatic carbocycles. The first-order valence-electron chi connectivity index (χ1n) is 9.74. The van der Waals surface area contributed by atoms with Crippen LogP contribution in [0.2, 0.25) is 0 Å². The zero-order chi connectivity index (χ0) is 20.1. The van der Waals surface area contributed by atoms with Gasteiger partial charge in [-0.1, -0.05) is 43.3 Å².